The molecule has 1 aliphatic carbocycles. The average molecular weight is 201 g/mol. The predicted octanol–water partition coefficient (Wildman–Crippen LogP) is 3.02. The Labute approximate surface area is 89.1 Å². The van der Waals surface area contributed by atoms with Crippen molar-refractivity contribution in [2.24, 2.45) is 11.7 Å². The maximum absolute atomic E-state index is 6.29. The zero-order chi connectivity index (χ0) is 10.5. The Bertz CT molecular complexity index is 469. The van der Waals surface area contributed by atoms with Gasteiger partial charge >= 0.3 is 0 Å². The molecule has 2 aromatic rings. The summed E-state index contributed by atoms with van der Waals surface area (Å²) in [5, 5.41) is 1.15. The Morgan fingerprint density at radius 2 is 2.27 bits per heavy atom. The molecule has 0 spiro atoms. The normalized spacial score (nSPS) is 29.6. The van der Waals surface area contributed by atoms with Gasteiger partial charge in [0.05, 0.1) is 5.54 Å². The first kappa shape index (κ1) is 8.98. The maximum Gasteiger partial charge on any atom is 0.134 e. The van der Waals surface area contributed by atoms with Crippen molar-refractivity contribution in [1.29, 1.82) is 0 Å². The lowest BCUT2D eigenvalue weighted by Crippen LogP contribution is -2.21. The minimum absolute atomic E-state index is 0.187. The van der Waals surface area contributed by atoms with Gasteiger partial charge in [0.25, 0.3) is 0 Å². The highest BCUT2D eigenvalue weighted by Crippen LogP contribution is 2.52. The van der Waals surface area contributed by atoms with E-state index in [1.54, 1.807) is 0 Å². The van der Waals surface area contributed by atoms with E-state index in [0.29, 0.717) is 5.92 Å². The van der Waals surface area contributed by atoms with Crippen LogP contribution < -0.4 is 5.73 Å². The molecule has 2 atom stereocenters. The topological polar surface area (TPSA) is 39.2 Å². The van der Waals surface area contributed by atoms with Crippen LogP contribution in [0.1, 0.15) is 25.5 Å². The van der Waals surface area contributed by atoms with Gasteiger partial charge in [0.1, 0.15) is 11.3 Å². The highest BCUT2D eigenvalue weighted by molar-refractivity contribution is 5.78. The monoisotopic (exact) mass is 201 g/mol. The molecular formula is C13H15NO. The second-order valence-electron chi connectivity index (χ2n) is 4.50. The van der Waals surface area contributed by atoms with Gasteiger partial charge in [-0.05, 0) is 24.5 Å². The number of hydrogen-bond acceptors (Lipinski definition) is 2. The fourth-order valence-electron chi connectivity index (χ4n) is 2.37. The van der Waals surface area contributed by atoms with Crippen molar-refractivity contribution in [3.8, 4) is 0 Å². The van der Waals surface area contributed by atoms with Crippen LogP contribution in [0, 0.1) is 5.92 Å². The Morgan fingerprint density at radius 3 is 2.93 bits per heavy atom. The summed E-state index contributed by atoms with van der Waals surface area (Å²) in [6.07, 6.45) is 2.19. The van der Waals surface area contributed by atoms with Crippen LogP contribution in [0.25, 0.3) is 11.0 Å². The predicted molar refractivity (Wildman–Crippen MR) is 60.5 cm³/mol. The molecule has 2 heteroatoms. The molecule has 1 heterocycles. The Morgan fingerprint density at radius 1 is 1.47 bits per heavy atom. The Hall–Kier alpha value is -1.28. The largest absolute Gasteiger partial charge is 0.459 e. The average Bonchev–Trinajstić information content (AvgIpc) is 2.76. The zero-order valence-electron chi connectivity index (χ0n) is 8.86. The van der Waals surface area contributed by atoms with Crippen LogP contribution in [0.15, 0.2) is 34.7 Å². The van der Waals surface area contributed by atoms with Crippen LogP contribution in [0.4, 0.5) is 0 Å². The molecule has 0 radical (unpaired) electrons. The van der Waals surface area contributed by atoms with E-state index in [4.69, 9.17) is 10.2 Å². The molecule has 78 valence electrons. The fraction of sp³-hybridized carbons (Fsp3) is 0.385. The first-order valence-electron chi connectivity index (χ1n) is 5.52. The third-order valence-electron chi connectivity index (χ3n) is 3.53. The molecule has 2 N–H and O–H groups in total. The second-order valence-corrected chi connectivity index (χ2v) is 4.50. The number of fused-ring (bicyclic) bond motifs is 1. The minimum Gasteiger partial charge on any atom is -0.459 e. The first-order valence-corrected chi connectivity index (χ1v) is 5.52. The number of para-hydroxylation sites is 1. The van der Waals surface area contributed by atoms with Crippen LogP contribution in [-0.2, 0) is 5.54 Å². The molecule has 1 aliphatic rings. The molecule has 1 fully saturated rings. The molecule has 1 aromatic carbocycles. The third kappa shape index (κ3) is 1.21. The number of benzene rings is 1. The molecule has 0 bridgehead atoms. The van der Waals surface area contributed by atoms with E-state index in [-0.39, 0.29) is 5.54 Å². The quantitative estimate of drug-likeness (QED) is 0.811. The molecule has 0 saturated heterocycles. The van der Waals surface area contributed by atoms with E-state index in [9.17, 15) is 0 Å². The lowest BCUT2D eigenvalue weighted by atomic mass is 10.1. The van der Waals surface area contributed by atoms with Gasteiger partial charge < -0.3 is 10.2 Å². The highest BCUT2D eigenvalue weighted by Gasteiger charge is 2.53. The lowest BCUT2D eigenvalue weighted by molar-refractivity contribution is 0.457. The summed E-state index contributed by atoms with van der Waals surface area (Å²) in [7, 11) is 0. The minimum atomic E-state index is -0.187. The van der Waals surface area contributed by atoms with Crippen molar-refractivity contribution in [2.75, 3.05) is 0 Å². The van der Waals surface area contributed by atoms with Gasteiger partial charge in [-0.1, -0.05) is 31.5 Å². The molecule has 2 unspecified atom stereocenters. The third-order valence-corrected chi connectivity index (χ3v) is 3.53. The smallest absolute Gasteiger partial charge is 0.134 e. The number of hydrogen-bond donors (Lipinski definition) is 1. The summed E-state index contributed by atoms with van der Waals surface area (Å²) < 4.78 is 5.80. The zero-order valence-corrected chi connectivity index (χ0v) is 8.86. The summed E-state index contributed by atoms with van der Waals surface area (Å²) in [6, 6.07) is 10.2. The lowest BCUT2D eigenvalue weighted by Gasteiger charge is -2.05. The van der Waals surface area contributed by atoms with Gasteiger partial charge in [0, 0.05) is 5.39 Å². The van der Waals surface area contributed by atoms with Gasteiger partial charge in [-0.15, -0.1) is 0 Å². The number of furan rings is 1. The first-order chi connectivity index (χ1) is 7.24. The van der Waals surface area contributed by atoms with Crippen molar-refractivity contribution >= 4 is 11.0 Å². The standard InChI is InChI=1S/C13H15NO/c1-2-10-8-13(10,14)12-7-9-5-3-4-6-11(9)15-12/h3-7,10H,2,8,14H2,1H3. The van der Waals surface area contributed by atoms with E-state index in [1.165, 1.54) is 0 Å². The number of nitrogens with two attached hydrogens (primary N) is 1. The van der Waals surface area contributed by atoms with Crippen molar-refractivity contribution in [2.45, 2.75) is 25.3 Å². The SMILES string of the molecule is CCC1CC1(N)c1cc2ccccc2o1. The fourth-order valence-corrected chi connectivity index (χ4v) is 2.37. The molecule has 2 nitrogen and oxygen atoms in total. The Balaban J connectivity index is 2.06. The molecule has 3 rings (SSSR count). The van der Waals surface area contributed by atoms with Crippen molar-refractivity contribution in [3.63, 3.8) is 0 Å². The van der Waals surface area contributed by atoms with Gasteiger partial charge in [-0.2, -0.15) is 0 Å². The molecule has 0 amide bonds. The summed E-state index contributed by atoms with van der Waals surface area (Å²) in [5.41, 5.74) is 7.05. The van der Waals surface area contributed by atoms with Gasteiger partial charge in [-0.25, -0.2) is 0 Å². The van der Waals surface area contributed by atoms with Crippen molar-refractivity contribution < 1.29 is 4.42 Å². The summed E-state index contributed by atoms with van der Waals surface area (Å²) in [5.74, 6) is 1.55. The van der Waals surface area contributed by atoms with Crippen LogP contribution in [0.5, 0.6) is 0 Å². The van der Waals surface area contributed by atoms with Crippen LogP contribution in [0.3, 0.4) is 0 Å². The van der Waals surface area contributed by atoms with E-state index in [2.05, 4.69) is 19.1 Å². The van der Waals surface area contributed by atoms with Crippen LogP contribution in [-0.4, -0.2) is 0 Å². The van der Waals surface area contributed by atoms with Crippen LogP contribution in [0.2, 0.25) is 0 Å². The molecule has 0 aliphatic heterocycles. The van der Waals surface area contributed by atoms with E-state index >= 15 is 0 Å². The van der Waals surface area contributed by atoms with Crippen molar-refractivity contribution in [1.82, 2.24) is 0 Å². The molecule has 15 heavy (non-hydrogen) atoms. The van der Waals surface area contributed by atoms with E-state index in [1.807, 2.05) is 18.2 Å². The Kier molecular flexibility index (Phi) is 1.71. The summed E-state index contributed by atoms with van der Waals surface area (Å²) in [4.78, 5) is 0. The molecule has 1 saturated carbocycles. The van der Waals surface area contributed by atoms with Gasteiger partial charge in [0.2, 0.25) is 0 Å². The summed E-state index contributed by atoms with van der Waals surface area (Å²) >= 11 is 0. The number of rotatable bonds is 2. The molecule has 1 aromatic heterocycles. The van der Waals surface area contributed by atoms with E-state index < -0.39 is 0 Å². The second kappa shape index (κ2) is 2.86. The highest BCUT2D eigenvalue weighted by atomic mass is 16.3. The van der Waals surface area contributed by atoms with Crippen LogP contribution >= 0.6 is 0 Å². The van der Waals surface area contributed by atoms with Gasteiger partial charge in [0.15, 0.2) is 0 Å². The van der Waals surface area contributed by atoms with E-state index in [0.717, 1.165) is 29.6 Å². The van der Waals surface area contributed by atoms with Gasteiger partial charge in [-0.3, -0.25) is 0 Å². The van der Waals surface area contributed by atoms with Crippen molar-refractivity contribution in [3.05, 3.63) is 36.1 Å². The molecular weight excluding hydrogens is 186 g/mol. The maximum atomic E-state index is 6.29. The summed E-state index contributed by atoms with van der Waals surface area (Å²) in [6.45, 7) is 2.18.